The molecule has 1 aromatic carbocycles. The number of amides is 3. The molecule has 1 rings (SSSR count). The Balaban J connectivity index is 2.30. The molecule has 8 heteroatoms. The summed E-state index contributed by atoms with van der Waals surface area (Å²) in [4.78, 5) is 46.7. The molecule has 0 spiro atoms. The Morgan fingerprint density at radius 1 is 1.04 bits per heavy atom. The average Bonchev–Trinajstić information content (AvgIpc) is 2.65. The number of nitrogens with one attached hydrogen (secondary N) is 2. The van der Waals surface area contributed by atoms with Crippen molar-refractivity contribution in [2.75, 3.05) is 13.2 Å². The molecule has 0 fully saturated rings. The summed E-state index contributed by atoms with van der Waals surface area (Å²) in [6.07, 6.45) is 0.528. The van der Waals surface area contributed by atoms with Crippen molar-refractivity contribution in [3.8, 4) is 5.75 Å². The maximum absolute atomic E-state index is 12.1. The zero-order valence-corrected chi connectivity index (χ0v) is 15.9. The van der Waals surface area contributed by atoms with Gasteiger partial charge < -0.3 is 14.8 Å². The van der Waals surface area contributed by atoms with E-state index in [2.05, 4.69) is 10.6 Å². The first kappa shape index (κ1) is 22.1. The van der Waals surface area contributed by atoms with Gasteiger partial charge in [-0.25, -0.2) is 4.79 Å². The quantitative estimate of drug-likeness (QED) is 0.477. The fourth-order valence-corrected chi connectivity index (χ4v) is 2.01. The van der Waals surface area contributed by atoms with Crippen molar-refractivity contribution in [3.63, 3.8) is 0 Å². The number of urea groups is 1. The van der Waals surface area contributed by atoms with Crippen LogP contribution >= 0.6 is 0 Å². The molecule has 0 heterocycles. The van der Waals surface area contributed by atoms with Crippen LogP contribution in [0, 0.1) is 0 Å². The van der Waals surface area contributed by atoms with Gasteiger partial charge in [-0.2, -0.15) is 0 Å². The zero-order chi connectivity index (χ0) is 20.2. The topological polar surface area (TPSA) is 111 Å². The third kappa shape index (κ3) is 8.84. The van der Waals surface area contributed by atoms with Gasteiger partial charge in [-0.05, 0) is 44.5 Å². The molecule has 0 bridgehead atoms. The number of ketones is 1. The molecule has 0 aromatic heterocycles. The molecule has 0 saturated carbocycles. The van der Waals surface area contributed by atoms with Crippen molar-refractivity contribution < 1.29 is 28.7 Å². The number of Topliss-reactive ketones (excluding diaryl/α,β-unsaturated/α-hetero) is 1. The second kappa shape index (κ2) is 11.7. The number of benzene rings is 1. The normalized spacial score (nSPS) is 11.2. The molecule has 2 N–H and O–H groups in total. The van der Waals surface area contributed by atoms with Gasteiger partial charge in [-0.15, -0.1) is 0 Å². The Kier molecular flexibility index (Phi) is 9.57. The molecule has 0 radical (unpaired) electrons. The van der Waals surface area contributed by atoms with Gasteiger partial charge in [-0.1, -0.05) is 6.92 Å². The summed E-state index contributed by atoms with van der Waals surface area (Å²) in [7, 11) is 0. The highest BCUT2D eigenvalue weighted by Crippen LogP contribution is 2.14. The predicted octanol–water partition coefficient (Wildman–Crippen LogP) is 2.22. The number of imide groups is 1. The van der Waals surface area contributed by atoms with Gasteiger partial charge >= 0.3 is 12.0 Å². The molecular formula is C19H26N2O6. The van der Waals surface area contributed by atoms with Crippen molar-refractivity contribution in [3.05, 3.63) is 29.8 Å². The molecular weight excluding hydrogens is 352 g/mol. The molecule has 1 atom stereocenters. The summed E-state index contributed by atoms with van der Waals surface area (Å²) in [5.41, 5.74) is 0.464. The van der Waals surface area contributed by atoms with Crippen LogP contribution in [-0.2, 0) is 14.3 Å². The molecule has 0 unspecified atom stereocenters. The number of hydrogen-bond donors (Lipinski definition) is 2. The van der Waals surface area contributed by atoms with E-state index in [1.165, 1.54) is 0 Å². The number of hydrogen-bond acceptors (Lipinski definition) is 6. The van der Waals surface area contributed by atoms with Crippen LogP contribution in [0.2, 0.25) is 0 Å². The van der Waals surface area contributed by atoms with Crippen molar-refractivity contribution in [2.24, 2.45) is 0 Å². The number of esters is 1. The minimum absolute atomic E-state index is 0.0388. The van der Waals surface area contributed by atoms with Crippen LogP contribution in [0.5, 0.6) is 5.75 Å². The highest BCUT2D eigenvalue weighted by Gasteiger charge is 2.14. The number of ether oxygens (including phenoxy) is 2. The molecule has 0 aliphatic carbocycles. The lowest BCUT2D eigenvalue weighted by atomic mass is 10.1. The van der Waals surface area contributed by atoms with Crippen LogP contribution in [0.4, 0.5) is 4.79 Å². The third-order valence-corrected chi connectivity index (χ3v) is 3.65. The van der Waals surface area contributed by atoms with Gasteiger partial charge in [0.05, 0.1) is 13.0 Å². The lowest BCUT2D eigenvalue weighted by molar-refractivity contribution is -0.148. The largest absolute Gasteiger partial charge is 0.494 e. The lowest BCUT2D eigenvalue weighted by Gasteiger charge is -2.11. The highest BCUT2D eigenvalue weighted by atomic mass is 16.5. The van der Waals surface area contributed by atoms with Crippen LogP contribution in [0.25, 0.3) is 0 Å². The van der Waals surface area contributed by atoms with E-state index >= 15 is 0 Å². The van der Waals surface area contributed by atoms with E-state index in [0.717, 1.165) is 6.42 Å². The van der Waals surface area contributed by atoms with Gasteiger partial charge in [0.25, 0.3) is 5.91 Å². The van der Waals surface area contributed by atoms with Crippen LogP contribution in [-0.4, -0.2) is 42.9 Å². The lowest BCUT2D eigenvalue weighted by Crippen LogP contribution is -2.44. The second-order valence-electron chi connectivity index (χ2n) is 5.87. The van der Waals surface area contributed by atoms with Gasteiger partial charge in [0, 0.05) is 18.0 Å². The summed E-state index contributed by atoms with van der Waals surface area (Å²) >= 11 is 0. The molecule has 3 amide bonds. The van der Waals surface area contributed by atoms with E-state index in [-0.39, 0.29) is 24.7 Å². The molecule has 148 valence electrons. The molecule has 1 aromatic rings. The number of rotatable bonds is 10. The van der Waals surface area contributed by atoms with Gasteiger partial charge in [0.1, 0.15) is 5.75 Å². The SMILES string of the molecule is CCOc1ccc(C(=O)CCC(=O)OCC(=O)NC(=O)N[C@@H](C)CC)cc1. The Labute approximate surface area is 158 Å². The van der Waals surface area contributed by atoms with Crippen LogP contribution in [0.1, 0.15) is 50.4 Å². The molecule has 8 nitrogen and oxygen atoms in total. The minimum Gasteiger partial charge on any atom is -0.494 e. The highest BCUT2D eigenvalue weighted by molar-refractivity contribution is 5.98. The van der Waals surface area contributed by atoms with E-state index in [4.69, 9.17) is 9.47 Å². The van der Waals surface area contributed by atoms with Crippen molar-refractivity contribution in [1.82, 2.24) is 10.6 Å². The maximum Gasteiger partial charge on any atom is 0.321 e. The van der Waals surface area contributed by atoms with Crippen LogP contribution in [0.15, 0.2) is 24.3 Å². The standard InChI is InChI=1S/C19H26N2O6/c1-4-13(3)20-19(25)21-17(23)12-27-18(24)11-10-16(22)14-6-8-15(9-7-14)26-5-2/h6-9,13H,4-5,10-12H2,1-3H3,(H2,20,21,23,25)/t13-/m0/s1. The van der Waals surface area contributed by atoms with Crippen LogP contribution in [0.3, 0.4) is 0 Å². The van der Waals surface area contributed by atoms with Crippen LogP contribution < -0.4 is 15.4 Å². The smallest absolute Gasteiger partial charge is 0.321 e. The van der Waals surface area contributed by atoms with E-state index in [1.807, 2.05) is 13.8 Å². The Bertz CT molecular complexity index is 657. The fraction of sp³-hybridized carbons (Fsp3) is 0.474. The number of carbonyl (C=O) groups excluding carboxylic acids is 4. The summed E-state index contributed by atoms with van der Waals surface area (Å²) < 4.78 is 10.1. The fourth-order valence-electron chi connectivity index (χ4n) is 2.01. The van der Waals surface area contributed by atoms with E-state index in [0.29, 0.717) is 17.9 Å². The van der Waals surface area contributed by atoms with E-state index in [1.54, 1.807) is 31.2 Å². The van der Waals surface area contributed by atoms with Crippen molar-refractivity contribution >= 4 is 23.7 Å². The Morgan fingerprint density at radius 3 is 2.30 bits per heavy atom. The summed E-state index contributed by atoms with van der Waals surface area (Å²) in [6, 6.07) is 5.91. The monoisotopic (exact) mass is 378 g/mol. The predicted molar refractivity (Wildman–Crippen MR) is 98.6 cm³/mol. The van der Waals surface area contributed by atoms with Gasteiger partial charge in [0.2, 0.25) is 0 Å². The summed E-state index contributed by atoms with van der Waals surface area (Å²) in [5, 5.41) is 4.62. The van der Waals surface area contributed by atoms with E-state index in [9.17, 15) is 19.2 Å². The van der Waals surface area contributed by atoms with Gasteiger partial charge in [0.15, 0.2) is 12.4 Å². The summed E-state index contributed by atoms with van der Waals surface area (Å²) in [6.45, 7) is 5.51. The maximum atomic E-state index is 12.1. The first-order chi connectivity index (χ1) is 12.8. The zero-order valence-electron chi connectivity index (χ0n) is 15.9. The third-order valence-electron chi connectivity index (χ3n) is 3.65. The summed E-state index contributed by atoms with van der Waals surface area (Å²) in [5.74, 6) is -0.974. The van der Waals surface area contributed by atoms with Crippen molar-refractivity contribution in [2.45, 2.75) is 46.1 Å². The molecule has 0 saturated heterocycles. The minimum atomic E-state index is -0.734. The molecule has 27 heavy (non-hydrogen) atoms. The molecule has 0 aliphatic heterocycles. The van der Waals surface area contributed by atoms with Gasteiger partial charge in [-0.3, -0.25) is 19.7 Å². The van der Waals surface area contributed by atoms with Crippen molar-refractivity contribution in [1.29, 1.82) is 0 Å². The Morgan fingerprint density at radius 2 is 1.70 bits per heavy atom. The average molecular weight is 378 g/mol. The second-order valence-corrected chi connectivity index (χ2v) is 5.87. The molecule has 0 aliphatic rings. The first-order valence-corrected chi connectivity index (χ1v) is 8.87. The Hall–Kier alpha value is -2.90. The first-order valence-electron chi connectivity index (χ1n) is 8.87. The number of carbonyl (C=O) groups is 4. The van der Waals surface area contributed by atoms with E-state index < -0.39 is 24.5 Å².